The summed E-state index contributed by atoms with van der Waals surface area (Å²) in [6.45, 7) is 5.09. The first-order chi connectivity index (χ1) is 7.63. The van der Waals surface area contributed by atoms with Crippen LogP contribution in [0.25, 0.3) is 0 Å². The van der Waals surface area contributed by atoms with Crippen LogP contribution in [0.5, 0.6) is 0 Å². The van der Waals surface area contributed by atoms with Gasteiger partial charge >= 0.3 is 0 Å². The number of ether oxygens (including phenoxy) is 1. The molecule has 2 unspecified atom stereocenters. The lowest BCUT2D eigenvalue weighted by Gasteiger charge is -2.45. The molecular formula is C14H26O2. The highest BCUT2D eigenvalue weighted by Crippen LogP contribution is 2.42. The summed E-state index contributed by atoms with van der Waals surface area (Å²) in [4.78, 5) is 0. The normalized spacial score (nSPS) is 31.9. The molecule has 94 valence electrons. The molecule has 2 heteroatoms. The number of rotatable bonds is 2. The minimum absolute atomic E-state index is 0.136. The molecular weight excluding hydrogens is 200 g/mol. The van der Waals surface area contributed by atoms with Gasteiger partial charge in [0, 0.05) is 6.61 Å². The molecule has 1 saturated carbocycles. The molecule has 1 spiro atoms. The monoisotopic (exact) mass is 226 g/mol. The first kappa shape index (κ1) is 12.4. The highest BCUT2D eigenvalue weighted by atomic mass is 16.5. The van der Waals surface area contributed by atoms with Gasteiger partial charge in [0.2, 0.25) is 0 Å². The van der Waals surface area contributed by atoms with E-state index in [1.807, 2.05) is 0 Å². The Hall–Kier alpha value is -0.0800. The first-order valence-electron chi connectivity index (χ1n) is 6.95. The van der Waals surface area contributed by atoms with Gasteiger partial charge in [-0.05, 0) is 37.5 Å². The van der Waals surface area contributed by atoms with Crippen molar-refractivity contribution in [3.05, 3.63) is 0 Å². The van der Waals surface area contributed by atoms with Crippen LogP contribution in [0.2, 0.25) is 0 Å². The molecule has 2 rings (SSSR count). The summed E-state index contributed by atoms with van der Waals surface area (Å²) < 4.78 is 6.06. The molecule has 1 N–H and O–H groups in total. The highest BCUT2D eigenvalue weighted by Gasteiger charge is 2.40. The van der Waals surface area contributed by atoms with Crippen LogP contribution in [0.15, 0.2) is 0 Å². The zero-order valence-corrected chi connectivity index (χ0v) is 10.7. The Morgan fingerprint density at radius 2 is 1.88 bits per heavy atom. The molecule has 0 aromatic carbocycles. The Balaban J connectivity index is 1.97. The van der Waals surface area contributed by atoms with E-state index in [4.69, 9.17) is 4.74 Å². The molecule has 16 heavy (non-hydrogen) atoms. The van der Waals surface area contributed by atoms with Crippen molar-refractivity contribution in [1.82, 2.24) is 0 Å². The second kappa shape index (κ2) is 5.05. The maximum atomic E-state index is 10.2. The molecule has 2 atom stereocenters. The smallest absolute Gasteiger partial charge is 0.0686 e. The lowest BCUT2D eigenvalue weighted by atomic mass is 9.73. The van der Waals surface area contributed by atoms with Crippen LogP contribution in [0.1, 0.15) is 58.8 Å². The lowest BCUT2D eigenvalue weighted by molar-refractivity contribution is -0.137. The van der Waals surface area contributed by atoms with E-state index in [2.05, 4.69) is 13.8 Å². The van der Waals surface area contributed by atoms with E-state index in [0.29, 0.717) is 11.8 Å². The van der Waals surface area contributed by atoms with E-state index in [1.54, 1.807) is 0 Å². The molecule has 2 aliphatic rings. The minimum atomic E-state index is -0.136. The van der Waals surface area contributed by atoms with Gasteiger partial charge in [0.05, 0.1) is 11.7 Å². The van der Waals surface area contributed by atoms with Gasteiger partial charge in [-0.3, -0.25) is 0 Å². The van der Waals surface area contributed by atoms with Crippen LogP contribution in [0.3, 0.4) is 0 Å². The predicted molar refractivity (Wildman–Crippen MR) is 65.3 cm³/mol. The van der Waals surface area contributed by atoms with Crippen LogP contribution in [0, 0.1) is 11.8 Å². The third-order valence-electron chi connectivity index (χ3n) is 4.46. The minimum Gasteiger partial charge on any atom is -0.393 e. The second-order valence-electron chi connectivity index (χ2n) is 6.08. The van der Waals surface area contributed by atoms with Crippen molar-refractivity contribution in [3.8, 4) is 0 Å². The molecule has 1 saturated heterocycles. The molecule has 0 aromatic rings. The largest absolute Gasteiger partial charge is 0.393 e. The topological polar surface area (TPSA) is 29.5 Å². The fraction of sp³-hybridized carbons (Fsp3) is 1.00. The Labute approximate surface area is 99.4 Å². The zero-order valence-electron chi connectivity index (χ0n) is 10.7. The molecule has 0 radical (unpaired) electrons. The standard InChI is InChI=1S/C14H26O2/c1-11(2)13(15)12-6-9-16-14(10-12)7-4-3-5-8-14/h11-13,15H,3-10H2,1-2H3. The van der Waals surface area contributed by atoms with Crippen molar-refractivity contribution in [3.63, 3.8) is 0 Å². The molecule has 2 fully saturated rings. The van der Waals surface area contributed by atoms with Crippen LogP contribution >= 0.6 is 0 Å². The van der Waals surface area contributed by atoms with Crippen LogP contribution in [-0.4, -0.2) is 23.4 Å². The Morgan fingerprint density at radius 1 is 1.19 bits per heavy atom. The lowest BCUT2D eigenvalue weighted by Crippen LogP contribution is -2.45. The maximum absolute atomic E-state index is 10.2. The fourth-order valence-electron chi connectivity index (χ4n) is 3.45. The molecule has 0 amide bonds. The molecule has 0 aromatic heterocycles. The van der Waals surface area contributed by atoms with Gasteiger partial charge in [-0.25, -0.2) is 0 Å². The average Bonchev–Trinajstić information content (AvgIpc) is 2.29. The zero-order chi connectivity index (χ0) is 11.6. The summed E-state index contributed by atoms with van der Waals surface area (Å²) in [7, 11) is 0. The Morgan fingerprint density at radius 3 is 2.50 bits per heavy atom. The van der Waals surface area contributed by atoms with Gasteiger partial charge in [-0.2, -0.15) is 0 Å². The SMILES string of the molecule is CC(C)C(O)C1CCOC2(CCCCC2)C1. The highest BCUT2D eigenvalue weighted by molar-refractivity contribution is 4.91. The Bertz CT molecular complexity index is 213. The van der Waals surface area contributed by atoms with Crippen molar-refractivity contribution in [2.45, 2.75) is 70.5 Å². The van der Waals surface area contributed by atoms with Crippen molar-refractivity contribution in [2.24, 2.45) is 11.8 Å². The number of aliphatic hydroxyl groups excluding tert-OH is 1. The van der Waals surface area contributed by atoms with Gasteiger partial charge < -0.3 is 9.84 Å². The number of hydrogen-bond acceptors (Lipinski definition) is 2. The van der Waals surface area contributed by atoms with Crippen LogP contribution in [0.4, 0.5) is 0 Å². The summed E-state index contributed by atoms with van der Waals surface area (Å²) >= 11 is 0. The van der Waals surface area contributed by atoms with Crippen molar-refractivity contribution < 1.29 is 9.84 Å². The second-order valence-corrected chi connectivity index (χ2v) is 6.08. The van der Waals surface area contributed by atoms with Crippen LogP contribution < -0.4 is 0 Å². The van der Waals surface area contributed by atoms with E-state index in [1.165, 1.54) is 32.1 Å². The summed E-state index contributed by atoms with van der Waals surface area (Å²) in [6, 6.07) is 0. The van der Waals surface area contributed by atoms with E-state index in [-0.39, 0.29) is 11.7 Å². The quantitative estimate of drug-likeness (QED) is 0.784. The predicted octanol–water partition coefficient (Wildman–Crippen LogP) is 3.13. The Kier molecular flexibility index (Phi) is 3.91. The van der Waals surface area contributed by atoms with Crippen molar-refractivity contribution in [1.29, 1.82) is 0 Å². The van der Waals surface area contributed by atoms with E-state index >= 15 is 0 Å². The van der Waals surface area contributed by atoms with Crippen molar-refractivity contribution in [2.75, 3.05) is 6.61 Å². The van der Waals surface area contributed by atoms with E-state index in [9.17, 15) is 5.11 Å². The van der Waals surface area contributed by atoms with E-state index < -0.39 is 0 Å². The van der Waals surface area contributed by atoms with Gasteiger partial charge in [0.15, 0.2) is 0 Å². The molecule has 0 bridgehead atoms. The van der Waals surface area contributed by atoms with Crippen molar-refractivity contribution >= 4 is 0 Å². The molecule has 1 aliphatic heterocycles. The summed E-state index contributed by atoms with van der Waals surface area (Å²) in [6.07, 6.45) is 8.41. The van der Waals surface area contributed by atoms with Crippen LogP contribution in [-0.2, 0) is 4.74 Å². The van der Waals surface area contributed by atoms with Gasteiger partial charge in [0.1, 0.15) is 0 Å². The van der Waals surface area contributed by atoms with Gasteiger partial charge in [0.25, 0.3) is 0 Å². The van der Waals surface area contributed by atoms with Gasteiger partial charge in [-0.1, -0.05) is 33.1 Å². The maximum Gasteiger partial charge on any atom is 0.0686 e. The molecule has 2 nitrogen and oxygen atoms in total. The van der Waals surface area contributed by atoms with E-state index in [0.717, 1.165) is 19.4 Å². The fourth-order valence-corrected chi connectivity index (χ4v) is 3.45. The third-order valence-corrected chi connectivity index (χ3v) is 4.46. The molecule has 1 aliphatic carbocycles. The number of hydrogen-bond donors (Lipinski definition) is 1. The molecule has 1 heterocycles. The van der Waals surface area contributed by atoms with Gasteiger partial charge in [-0.15, -0.1) is 0 Å². The number of aliphatic hydroxyl groups is 1. The summed E-state index contributed by atoms with van der Waals surface area (Å²) in [5, 5.41) is 10.2. The first-order valence-corrected chi connectivity index (χ1v) is 6.95. The summed E-state index contributed by atoms with van der Waals surface area (Å²) in [5.74, 6) is 0.843. The third kappa shape index (κ3) is 2.60. The summed E-state index contributed by atoms with van der Waals surface area (Å²) in [5.41, 5.74) is 0.136. The average molecular weight is 226 g/mol.